The first kappa shape index (κ1) is 19.1. The molecule has 1 aliphatic heterocycles. The lowest BCUT2D eigenvalue weighted by Gasteiger charge is -2.29. The van der Waals surface area contributed by atoms with E-state index in [4.69, 9.17) is 9.05 Å². The number of rotatable bonds is 4. The molecular formula is C20H24N6O3. The largest absolute Gasteiger partial charge is 0.361 e. The standard InChI is InChI=1S/C20H24N6O3/c1-5-21-20(27)26-7-6-15-14(10-26)9-22-12(3)18(15)19-23-17(29-25-19)8-16-11(2)24-28-13(16)4/h9H,5-8,10H2,1-4H3,(H,21,27). The number of nitrogens with zero attached hydrogens (tertiary/aromatic N) is 5. The average Bonchev–Trinajstić information content (AvgIpc) is 3.29. The van der Waals surface area contributed by atoms with Gasteiger partial charge in [0.1, 0.15) is 5.76 Å². The van der Waals surface area contributed by atoms with E-state index in [1.54, 1.807) is 4.90 Å². The fourth-order valence-electron chi connectivity index (χ4n) is 3.72. The average molecular weight is 396 g/mol. The summed E-state index contributed by atoms with van der Waals surface area (Å²) in [7, 11) is 0. The zero-order chi connectivity index (χ0) is 20.5. The highest BCUT2D eigenvalue weighted by Gasteiger charge is 2.26. The van der Waals surface area contributed by atoms with E-state index in [0.717, 1.165) is 45.8 Å². The molecule has 9 nitrogen and oxygen atoms in total. The summed E-state index contributed by atoms with van der Waals surface area (Å²) in [6, 6.07) is -0.0541. The second-order valence-corrected chi connectivity index (χ2v) is 7.22. The zero-order valence-corrected chi connectivity index (χ0v) is 17.1. The quantitative estimate of drug-likeness (QED) is 0.722. The van der Waals surface area contributed by atoms with E-state index in [0.29, 0.717) is 37.8 Å². The van der Waals surface area contributed by atoms with Crippen molar-refractivity contribution < 1.29 is 13.8 Å². The first-order valence-corrected chi connectivity index (χ1v) is 9.72. The number of pyridine rings is 1. The molecule has 0 saturated carbocycles. The zero-order valence-electron chi connectivity index (χ0n) is 17.1. The third kappa shape index (κ3) is 3.59. The van der Waals surface area contributed by atoms with Gasteiger partial charge in [-0.2, -0.15) is 4.98 Å². The van der Waals surface area contributed by atoms with Crippen LogP contribution in [0, 0.1) is 20.8 Å². The van der Waals surface area contributed by atoms with Gasteiger partial charge in [-0.15, -0.1) is 0 Å². The van der Waals surface area contributed by atoms with Crippen LogP contribution < -0.4 is 5.32 Å². The van der Waals surface area contributed by atoms with Gasteiger partial charge >= 0.3 is 6.03 Å². The predicted molar refractivity (Wildman–Crippen MR) is 104 cm³/mol. The fourth-order valence-corrected chi connectivity index (χ4v) is 3.72. The van der Waals surface area contributed by atoms with E-state index in [1.165, 1.54) is 0 Å². The number of carbonyl (C=O) groups excluding carboxylic acids is 1. The van der Waals surface area contributed by atoms with Crippen LogP contribution in [0.25, 0.3) is 11.4 Å². The Balaban J connectivity index is 1.63. The Labute approximate surface area is 168 Å². The fraction of sp³-hybridized carbons (Fsp3) is 0.450. The number of nitrogens with one attached hydrogen (secondary N) is 1. The van der Waals surface area contributed by atoms with E-state index < -0.39 is 0 Å². The Bertz CT molecular complexity index is 1040. The highest BCUT2D eigenvalue weighted by molar-refractivity contribution is 5.75. The lowest BCUT2D eigenvalue weighted by molar-refractivity contribution is 0.193. The van der Waals surface area contributed by atoms with Gasteiger partial charge in [-0.1, -0.05) is 10.3 Å². The highest BCUT2D eigenvalue weighted by atomic mass is 16.5. The number of aryl methyl sites for hydroxylation is 3. The Hall–Kier alpha value is -3.23. The van der Waals surface area contributed by atoms with Gasteiger partial charge in [-0.05, 0) is 45.2 Å². The summed E-state index contributed by atoms with van der Waals surface area (Å²) in [6.45, 7) is 9.38. The monoisotopic (exact) mass is 396 g/mol. The maximum atomic E-state index is 12.2. The summed E-state index contributed by atoms with van der Waals surface area (Å²) in [5, 5.41) is 11.0. The maximum Gasteiger partial charge on any atom is 0.317 e. The Morgan fingerprint density at radius 3 is 2.76 bits per heavy atom. The van der Waals surface area contributed by atoms with Crippen LogP contribution in [0.3, 0.4) is 0 Å². The molecule has 0 aromatic carbocycles. The van der Waals surface area contributed by atoms with Crippen LogP contribution in [0.2, 0.25) is 0 Å². The molecule has 3 aromatic heterocycles. The number of carbonyl (C=O) groups is 1. The van der Waals surface area contributed by atoms with Crippen molar-refractivity contribution in [2.24, 2.45) is 0 Å². The van der Waals surface area contributed by atoms with E-state index in [9.17, 15) is 4.79 Å². The van der Waals surface area contributed by atoms with Gasteiger partial charge in [0.2, 0.25) is 11.7 Å². The van der Waals surface area contributed by atoms with Gasteiger partial charge in [-0.25, -0.2) is 4.79 Å². The van der Waals surface area contributed by atoms with Crippen molar-refractivity contribution in [2.45, 2.75) is 47.1 Å². The molecule has 0 aliphatic carbocycles. The normalized spacial score (nSPS) is 13.4. The molecule has 4 heterocycles. The van der Waals surface area contributed by atoms with Crippen molar-refractivity contribution in [3.8, 4) is 11.4 Å². The third-order valence-corrected chi connectivity index (χ3v) is 5.27. The molecule has 0 unspecified atom stereocenters. The van der Waals surface area contributed by atoms with E-state index in [-0.39, 0.29) is 6.03 Å². The number of hydrogen-bond donors (Lipinski definition) is 1. The smallest absolute Gasteiger partial charge is 0.317 e. The maximum absolute atomic E-state index is 12.2. The molecule has 0 saturated heterocycles. The van der Waals surface area contributed by atoms with Crippen molar-refractivity contribution >= 4 is 6.03 Å². The second kappa shape index (κ2) is 7.65. The number of aromatic nitrogens is 4. The third-order valence-electron chi connectivity index (χ3n) is 5.27. The van der Waals surface area contributed by atoms with Crippen LogP contribution in [-0.4, -0.2) is 44.3 Å². The van der Waals surface area contributed by atoms with Gasteiger partial charge in [0.25, 0.3) is 0 Å². The van der Waals surface area contributed by atoms with Gasteiger partial charge in [0.05, 0.1) is 12.1 Å². The number of fused-ring (bicyclic) bond motifs is 1. The molecule has 0 spiro atoms. The minimum absolute atomic E-state index is 0.0541. The minimum Gasteiger partial charge on any atom is -0.361 e. The van der Waals surface area contributed by atoms with Crippen LogP contribution in [0.1, 0.15) is 46.7 Å². The molecule has 0 radical (unpaired) electrons. The molecule has 0 bridgehead atoms. The van der Waals surface area contributed by atoms with E-state index >= 15 is 0 Å². The first-order chi connectivity index (χ1) is 14.0. The Kier molecular flexibility index (Phi) is 5.04. The number of hydrogen-bond acceptors (Lipinski definition) is 7. The molecule has 1 N–H and O–H groups in total. The topological polar surface area (TPSA) is 110 Å². The summed E-state index contributed by atoms with van der Waals surface area (Å²) in [6.07, 6.45) is 3.03. The van der Waals surface area contributed by atoms with Gasteiger partial charge in [0.15, 0.2) is 0 Å². The molecule has 4 rings (SSSR count). The molecule has 29 heavy (non-hydrogen) atoms. The Morgan fingerprint density at radius 1 is 1.21 bits per heavy atom. The van der Waals surface area contributed by atoms with Gasteiger partial charge in [-0.3, -0.25) is 4.98 Å². The lowest BCUT2D eigenvalue weighted by Crippen LogP contribution is -2.42. The van der Waals surface area contributed by atoms with Crippen molar-refractivity contribution in [1.29, 1.82) is 0 Å². The molecule has 152 valence electrons. The SMILES string of the molecule is CCNC(=O)N1CCc2c(cnc(C)c2-c2noc(Cc3c(C)noc3C)n2)C1. The molecule has 1 aliphatic rings. The molecular weight excluding hydrogens is 372 g/mol. The minimum atomic E-state index is -0.0541. The van der Waals surface area contributed by atoms with E-state index in [1.807, 2.05) is 33.9 Å². The van der Waals surface area contributed by atoms with Crippen molar-refractivity contribution in [3.05, 3.63) is 45.9 Å². The van der Waals surface area contributed by atoms with Crippen molar-refractivity contribution in [2.75, 3.05) is 13.1 Å². The number of amides is 2. The van der Waals surface area contributed by atoms with Crippen LogP contribution >= 0.6 is 0 Å². The lowest BCUT2D eigenvalue weighted by atomic mass is 9.94. The summed E-state index contributed by atoms with van der Waals surface area (Å²) in [5.74, 6) is 1.79. The van der Waals surface area contributed by atoms with Crippen molar-refractivity contribution in [1.82, 2.24) is 30.5 Å². The molecule has 3 aromatic rings. The van der Waals surface area contributed by atoms with Crippen LogP contribution in [0.4, 0.5) is 4.79 Å². The summed E-state index contributed by atoms with van der Waals surface area (Å²) >= 11 is 0. The summed E-state index contributed by atoms with van der Waals surface area (Å²) in [4.78, 5) is 23.1. The predicted octanol–water partition coefficient (Wildman–Crippen LogP) is 2.72. The van der Waals surface area contributed by atoms with E-state index in [2.05, 4.69) is 25.6 Å². The summed E-state index contributed by atoms with van der Waals surface area (Å²) in [5.41, 5.74) is 5.67. The molecule has 9 heteroatoms. The first-order valence-electron chi connectivity index (χ1n) is 9.72. The Morgan fingerprint density at radius 2 is 2.03 bits per heavy atom. The van der Waals surface area contributed by atoms with Crippen LogP contribution in [-0.2, 0) is 19.4 Å². The number of urea groups is 1. The molecule has 0 atom stereocenters. The van der Waals surface area contributed by atoms with Crippen LogP contribution in [0.15, 0.2) is 15.2 Å². The van der Waals surface area contributed by atoms with Gasteiger partial charge in [0, 0.05) is 42.7 Å². The molecule has 0 fully saturated rings. The van der Waals surface area contributed by atoms with Gasteiger partial charge < -0.3 is 19.3 Å². The van der Waals surface area contributed by atoms with Crippen LogP contribution in [0.5, 0.6) is 0 Å². The van der Waals surface area contributed by atoms with Crippen molar-refractivity contribution in [3.63, 3.8) is 0 Å². The summed E-state index contributed by atoms with van der Waals surface area (Å²) < 4.78 is 10.7. The second-order valence-electron chi connectivity index (χ2n) is 7.22. The molecule has 2 amide bonds. The highest BCUT2D eigenvalue weighted by Crippen LogP contribution is 2.31.